The van der Waals surface area contributed by atoms with E-state index in [9.17, 15) is 13.2 Å². The van der Waals surface area contributed by atoms with Gasteiger partial charge in [0.1, 0.15) is 5.02 Å². The molecule has 4 nitrogen and oxygen atoms in total. The van der Waals surface area contributed by atoms with Gasteiger partial charge in [-0.15, -0.1) is 0 Å². The maximum Gasteiger partial charge on any atom is 0.417 e. The molecule has 9 heteroatoms. The molecule has 0 amide bonds. The minimum atomic E-state index is -4.64. The van der Waals surface area contributed by atoms with Gasteiger partial charge in [-0.05, 0) is 29.8 Å². The maximum atomic E-state index is 12.8. The monoisotopic (exact) mass is 332 g/mol. The van der Waals surface area contributed by atoms with E-state index in [1.807, 2.05) is 0 Å². The van der Waals surface area contributed by atoms with Crippen LogP contribution in [0.1, 0.15) is 11.1 Å². The molecule has 0 unspecified atom stereocenters. The Kier molecular flexibility index (Phi) is 4.21. The number of halogens is 5. The van der Waals surface area contributed by atoms with Crippen molar-refractivity contribution in [2.24, 2.45) is 0 Å². The number of rotatable bonds is 2. The largest absolute Gasteiger partial charge is 0.417 e. The zero-order valence-corrected chi connectivity index (χ0v) is 11.6. The number of anilines is 2. The molecule has 0 saturated heterocycles. The molecule has 2 rings (SSSR count). The van der Waals surface area contributed by atoms with E-state index in [4.69, 9.17) is 28.5 Å². The van der Waals surface area contributed by atoms with Gasteiger partial charge >= 0.3 is 6.18 Å². The second kappa shape index (κ2) is 5.76. The number of hydrogen-bond acceptors (Lipinski definition) is 4. The Hall–Kier alpha value is -2.04. The Labute approximate surface area is 127 Å². The summed E-state index contributed by atoms with van der Waals surface area (Å²) < 4.78 is 38.5. The topological polar surface area (TPSA) is 61.6 Å². The van der Waals surface area contributed by atoms with Crippen molar-refractivity contribution in [3.05, 3.63) is 45.8 Å². The second-order valence-corrected chi connectivity index (χ2v) is 4.58. The molecule has 1 heterocycles. The smallest absolute Gasteiger partial charge is 0.339 e. The summed E-state index contributed by atoms with van der Waals surface area (Å²) in [6.07, 6.45) is -3.43. The first-order chi connectivity index (χ1) is 9.81. The molecule has 0 saturated carbocycles. The minimum absolute atomic E-state index is 0.0644. The Morgan fingerprint density at radius 1 is 1.24 bits per heavy atom. The Morgan fingerprint density at radius 2 is 1.95 bits per heavy atom. The summed E-state index contributed by atoms with van der Waals surface area (Å²) in [6, 6.07) is 4.65. The normalized spacial score (nSPS) is 11.0. The van der Waals surface area contributed by atoms with Crippen molar-refractivity contribution in [2.45, 2.75) is 6.18 Å². The van der Waals surface area contributed by atoms with Crippen molar-refractivity contribution in [2.75, 3.05) is 5.32 Å². The molecule has 2 aromatic rings. The molecule has 0 fully saturated rings. The van der Waals surface area contributed by atoms with E-state index < -0.39 is 17.3 Å². The highest BCUT2D eigenvalue weighted by Gasteiger charge is 2.33. The quantitative estimate of drug-likeness (QED) is 0.827. The fraction of sp³-hybridized carbons (Fsp3) is 0.0833. The van der Waals surface area contributed by atoms with Crippen molar-refractivity contribution >= 4 is 34.7 Å². The lowest BCUT2D eigenvalue weighted by atomic mass is 10.1. The van der Waals surface area contributed by atoms with Crippen LogP contribution in [-0.2, 0) is 6.18 Å². The van der Waals surface area contributed by atoms with E-state index in [-0.39, 0.29) is 21.8 Å². The molecule has 0 aliphatic heterocycles. The maximum absolute atomic E-state index is 12.8. The number of aromatic nitrogens is 2. The molecule has 1 aromatic carbocycles. The highest BCUT2D eigenvalue weighted by molar-refractivity contribution is 6.33. The third kappa shape index (κ3) is 3.54. The van der Waals surface area contributed by atoms with Crippen molar-refractivity contribution in [3.63, 3.8) is 0 Å². The fourth-order valence-electron chi connectivity index (χ4n) is 1.52. The zero-order valence-electron chi connectivity index (χ0n) is 10.0. The van der Waals surface area contributed by atoms with E-state index in [2.05, 4.69) is 15.3 Å². The van der Waals surface area contributed by atoms with Crippen molar-refractivity contribution < 1.29 is 13.2 Å². The zero-order chi connectivity index (χ0) is 15.6. The lowest BCUT2D eigenvalue weighted by Crippen LogP contribution is -2.08. The van der Waals surface area contributed by atoms with Gasteiger partial charge in [0, 0.05) is 5.69 Å². The minimum Gasteiger partial charge on any atom is -0.339 e. The lowest BCUT2D eigenvalue weighted by molar-refractivity contribution is -0.137. The first kappa shape index (κ1) is 15.4. The van der Waals surface area contributed by atoms with Gasteiger partial charge in [0.25, 0.3) is 0 Å². The van der Waals surface area contributed by atoms with Crippen LogP contribution in [-0.4, -0.2) is 9.97 Å². The van der Waals surface area contributed by atoms with Crippen molar-refractivity contribution in [1.82, 2.24) is 9.97 Å². The van der Waals surface area contributed by atoms with E-state index in [0.717, 1.165) is 12.1 Å². The molecule has 1 N–H and O–H groups in total. The number of alkyl halides is 3. The Balaban J connectivity index is 2.42. The van der Waals surface area contributed by atoms with Crippen LogP contribution in [0.25, 0.3) is 0 Å². The van der Waals surface area contributed by atoms with E-state index in [1.54, 1.807) is 0 Å². The van der Waals surface area contributed by atoms with Gasteiger partial charge in [0.05, 0.1) is 23.4 Å². The summed E-state index contributed by atoms with van der Waals surface area (Å²) in [7, 11) is 0. The van der Waals surface area contributed by atoms with Gasteiger partial charge in [-0.25, -0.2) is 4.98 Å². The molecule has 1 aromatic heterocycles. The van der Waals surface area contributed by atoms with Crippen LogP contribution in [0.5, 0.6) is 0 Å². The average Bonchev–Trinajstić information content (AvgIpc) is 2.42. The third-order valence-electron chi connectivity index (χ3n) is 2.42. The summed E-state index contributed by atoms with van der Waals surface area (Å²) in [5.41, 5.74) is -1.45. The summed E-state index contributed by atoms with van der Waals surface area (Å²) >= 11 is 11.4. The van der Waals surface area contributed by atoms with Gasteiger partial charge in [-0.1, -0.05) is 11.6 Å². The van der Waals surface area contributed by atoms with Crippen LogP contribution in [0.2, 0.25) is 10.3 Å². The standard InChI is InChI=1S/C12H5Cl2F3N4/c13-9-5-19-11(14)21-10(9)20-7-2-1-6(4-18)8(3-7)12(15,16)17/h1-3,5H,(H,19,20,21). The first-order valence-electron chi connectivity index (χ1n) is 5.37. The molecule has 0 radical (unpaired) electrons. The molecular weight excluding hydrogens is 328 g/mol. The van der Waals surface area contributed by atoms with Crippen LogP contribution in [0.4, 0.5) is 24.7 Å². The predicted molar refractivity (Wildman–Crippen MR) is 71.5 cm³/mol. The molecule has 0 atom stereocenters. The molecular formula is C12H5Cl2F3N4. The number of nitrogens with one attached hydrogen (secondary N) is 1. The molecule has 108 valence electrons. The summed E-state index contributed by atoms with van der Waals surface area (Å²) in [5, 5.41) is 11.3. The van der Waals surface area contributed by atoms with Gasteiger partial charge in [0.2, 0.25) is 5.28 Å². The second-order valence-electron chi connectivity index (χ2n) is 3.83. The number of nitrogens with zero attached hydrogens (tertiary/aromatic N) is 3. The van der Waals surface area contributed by atoms with Crippen molar-refractivity contribution in [1.29, 1.82) is 5.26 Å². The summed E-state index contributed by atoms with van der Waals surface area (Å²) in [6.45, 7) is 0. The van der Waals surface area contributed by atoms with Crippen molar-refractivity contribution in [3.8, 4) is 6.07 Å². The van der Waals surface area contributed by atoms with Gasteiger partial charge in [-0.2, -0.15) is 23.4 Å². The van der Waals surface area contributed by atoms with E-state index in [1.165, 1.54) is 18.3 Å². The van der Waals surface area contributed by atoms with E-state index in [0.29, 0.717) is 0 Å². The number of hydrogen-bond donors (Lipinski definition) is 1. The van der Waals surface area contributed by atoms with Crippen LogP contribution < -0.4 is 5.32 Å². The lowest BCUT2D eigenvalue weighted by Gasteiger charge is -2.12. The molecule has 0 aliphatic carbocycles. The molecule has 0 spiro atoms. The predicted octanol–water partition coefficient (Wildman–Crippen LogP) is 4.42. The number of nitriles is 1. The molecule has 0 bridgehead atoms. The van der Waals surface area contributed by atoms with Gasteiger partial charge < -0.3 is 5.32 Å². The molecule has 0 aliphatic rings. The van der Waals surface area contributed by atoms with Crippen LogP contribution in [0, 0.1) is 11.3 Å². The fourth-order valence-corrected chi connectivity index (χ4v) is 1.80. The van der Waals surface area contributed by atoms with Crippen LogP contribution >= 0.6 is 23.2 Å². The molecule has 21 heavy (non-hydrogen) atoms. The van der Waals surface area contributed by atoms with Gasteiger partial charge in [-0.3, -0.25) is 0 Å². The van der Waals surface area contributed by atoms with Gasteiger partial charge in [0.15, 0.2) is 5.82 Å². The highest BCUT2D eigenvalue weighted by Crippen LogP contribution is 2.34. The summed E-state index contributed by atoms with van der Waals surface area (Å²) in [4.78, 5) is 7.39. The van der Waals surface area contributed by atoms with E-state index >= 15 is 0 Å². The number of benzene rings is 1. The third-order valence-corrected chi connectivity index (χ3v) is 2.88. The van der Waals surface area contributed by atoms with Crippen LogP contribution in [0.3, 0.4) is 0 Å². The Morgan fingerprint density at radius 3 is 2.57 bits per heavy atom. The Bertz CT molecular complexity index is 725. The average molecular weight is 333 g/mol. The SMILES string of the molecule is N#Cc1ccc(Nc2nc(Cl)ncc2Cl)cc1C(F)(F)F. The first-order valence-corrected chi connectivity index (χ1v) is 6.13. The highest BCUT2D eigenvalue weighted by atomic mass is 35.5. The van der Waals surface area contributed by atoms with Crippen LogP contribution in [0.15, 0.2) is 24.4 Å². The summed E-state index contributed by atoms with van der Waals surface area (Å²) in [5.74, 6) is 0.0644.